The summed E-state index contributed by atoms with van der Waals surface area (Å²) < 4.78 is 36.7. The molecule has 3 N–H and O–H groups in total. The number of ether oxygens (including phenoxy) is 2. The Morgan fingerprint density at radius 3 is 2.58 bits per heavy atom. The third-order valence-corrected chi connectivity index (χ3v) is 3.51. The second-order valence-electron chi connectivity index (χ2n) is 5.32. The van der Waals surface area contributed by atoms with E-state index in [9.17, 15) is 18.7 Å². The molecule has 26 heavy (non-hydrogen) atoms. The Bertz CT molecular complexity index is 771. The molecule has 0 heterocycles. The van der Waals surface area contributed by atoms with E-state index in [-0.39, 0.29) is 12.1 Å². The van der Waals surface area contributed by atoms with E-state index < -0.39 is 23.8 Å². The zero-order valence-corrected chi connectivity index (χ0v) is 14.4. The van der Waals surface area contributed by atoms with Crippen LogP contribution in [-0.2, 0) is 0 Å². The fraction of sp³-hybridized carbons (Fsp3) is 0.278. The van der Waals surface area contributed by atoms with Gasteiger partial charge in [0, 0.05) is 18.3 Å². The molecule has 8 heteroatoms. The molecule has 0 aromatic heterocycles. The first-order valence-electron chi connectivity index (χ1n) is 7.93. The highest BCUT2D eigenvalue weighted by atomic mass is 19.2. The van der Waals surface area contributed by atoms with E-state index in [1.807, 2.05) is 6.92 Å². The lowest BCUT2D eigenvalue weighted by Gasteiger charge is -2.14. The maximum absolute atomic E-state index is 13.2. The van der Waals surface area contributed by atoms with Crippen LogP contribution in [0.5, 0.6) is 11.5 Å². The normalized spacial score (nSPS) is 11.6. The second kappa shape index (κ2) is 9.00. The second-order valence-corrected chi connectivity index (χ2v) is 5.32. The number of methoxy groups -OCH3 is 1. The number of benzene rings is 2. The molecule has 0 radical (unpaired) electrons. The predicted molar refractivity (Wildman–Crippen MR) is 92.5 cm³/mol. The smallest absolute Gasteiger partial charge is 0.319 e. The molecule has 6 nitrogen and oxygen atoms in total. The minimum atomic E-state index is -1.18. The van der Waals surface area contributed by atoms with E-state index >= 15 is 0 Å². The molecule has 0 aliphatic rings. The molecule has 0 saturated carbocycles. The van der Waals surface area contributed by atoms with Crippen molar-refractivity contribution in [2.24, 2.45) is 0 Å². The van der Waals surface area contributed by atoms with Crippen LogP contribution in [0.1, 0.15) is 18.6 Å². The highest BCUT2D eigenvalue weighted by Crippen LogP contribution is 2.30. The van der Waals surface area contributed by atoms with Crippen LogP contribution in [0.3, 0.4) is 0 Å². The number of aliphatic hydroxyl groups excluding tert-OH is 1. The van der Waals surface area contributed by atoms with Crippen molar-refractivity contribution in [3.63, 3.8) is 0 Å². The predicted octanol–water partition coefficient (Wildman–Crippen LogP) is 3.23. The molecule has 1 unspecified atom stereocenters. The fourth-order valence-electron chi connectivity index (χ4n) is 2.22. The topological polar surface area (TPSA) is 79.8 Å². The molecular weight excluding hydrogens is 346 g/mol. The average molecular weight is 366 g/mol. The zero-order valence-electron chi connectivity index (χ0n) is 14.4. The summed E-state index contributed by atoms with van der Waals surface area (Å²) >= 11 is 0. The number of aliphatic hydroxyl groups is 1. The van der Waals surface area contributed by atoms with Gasteiger partial charge in [-0.3, -0.25) is 0 Å². The average Bonchev–Trinajstić information content (AvgIpc) is 2.62. The van der Waals surface area contributed by atoms with Gasteiger partial charge in [-0.2, -0.15) is 0 Å². The summed E-state index contributed by atoms with van der Waals surface area (Å²) in [6, 6.07) is 7.37. The number of halogens is 2. The summed E-state index contributed by atoms with van der Waals surface area (Å²) in [5.41, 5.74) is 0.626. The van der Waals surface area contributed by atoms with Crippen molar-refractivity contribution in [2.75, 3.05) is 25.6 Å². The fourth-order valence-corrected chi connectivity index (χ4v) is 2.22. The van der Waals surface area contributed by atoms with E-state index in [0.29, 0.717) is 23.8 Å². The summed E-state index contributed by atoms with van der Waals surface area (Å²) in [6.45, 7) is 2.09. The van der Waals surface area contributed by atoms with Crippen LogP contribution < -0.4 is 20.1 Å². The van der Waals surface area contributed by atoms with Crippen LogP contribution in [0.15, 0.2) is 36.4 Å². The number of carbonyl (C=O) groups excluding carboxylic acids is 1. The largest absolute Gasteiger partial charge is 0.493 e. The van der Waals surface area contributed by atoms with Gasteiger partial charge in [0.25, 0.3) is 0 Å². The van der Waals surface area contributed by atoms with Gasteiger partial charge in [0.1, 0.15) is 0 Å². The van der Waals surface area contributed by atoms with Gasteiger partial charge in [-0.05, 0) is 36.8 Å². The van der Waals surface area contributed by atoms with Crippen molar-refractivity contribution in [2.45, 2.75) is 13.0 Å². The summed E-state index contributed by atoms with van der Waals surface area (Å²) in [6.07, 6.45) is -1.18. The molecule has 0 spiro atoms. The van der Waals surface area contributed by atoms with Crippen molar-refractivity contribution in [3.8, 4) is 11.5 Å². The van der Waals surface area contributed by atoms with Gasteiger partial charge in [-0.15, -0.1) is 0 Å². The van der Waals surface area contributed by atoms with Crippen LogP contribution in [-0.4, -0.2) is 31.4 Å². The minimum absolute atomic E-state index is 0.160. The maximum Gasteiger partial charge on any atom is 0.319 e. The van der Waals surface area contributed by atoms with Crippen molar-refractivity contribution in [3.05, 3.63) is 53.6 Å². The van der Waals surface area contributed by atoms with E-state index in [1.165, 1.54) is 13.2 Å². The number of hydrogen-bond acceptors (Lipinski definition) is 4. The molecule has 2 aromatic carbocycles. The lowest BCUT2D eigenvalue weighted by Crippen LogP contribution is -2.32. The molecule has 1 atom stereocenters. The van der Waals surface area contributed by atoms with Crippen molar-refractivity contribution >= 4 is 11.7 Å². The lowest BCUT2D eigenvalue weighted by molar-refractivity contribution is 0.174. The van der Waals surface area contributed by atoms with Gasteiger partial charge in [0.15, 0.2) is 23.1 Å². The molecule has 0 fully saturated rings. The number of hydrogen-bond donors (Lipinski definition) is 3. The number of anilines is 1. The Kier molecular flexibility index (Phi) is 6.74. The Labute approximate surface area is 149 Å². The lowest BCUT2D eigenvalue weighted by atomic mass is 10.1. The highest BCUT2D eigenvalue weighted by Gasteiger charge is 2.13. The van der Waals surface area contributed by atoms with Gasteiger partial charge < -0.3 is 25.2 Å². The Morgan fingerprint density at radius 2 is 1.92 bits per heavy atom. The van der Waals surface area contributed by atoms with Crippen LogP contribution in [0.4, 0.5) is 19.3 Å². The van der Waals surface area contributed by atoms with Gasteiger partial charge in [-0.1, -0.05) is 6.07 Å². The van der Waals surface area contributed by atoms with E-state index in [1.54, 1.807) is 18.2 Å². The summed E-state index contributed by atoms with van der Waals surface area (Å²) in [5, 5.41) is 15.0. The van der Waals surface area contributed by atoms with Crippen molar-refractivity contribution in [1.29, 1.82) is 0 Å². The Hall–Kier alpha value is -2.87. The minimum Gasteiger partial charge on any atom is -0.493 e. The number of urea groups is 1. The molecule has 2 amide bonds. The van der Waals surface area contributed by atoms with Crippen LogP contribution in [0.2, 0.25) is 0 Å². The van der Waals surface area contributed by atoms with E-state index in [4.69, 9.17) is 9.47 Å². The van der Waals surface area contributed by atoms with Crippen LogP contribution in [0.25, 0.3) is 0 Å². The first kappa shape index (κ1) is 19.5. The Morgan fingerprint density at radius 1 is 1.15 bits per heavy atom. The first-order valence-corrected chi connectivity index (χ1v) is 7.93. The van der Waals surface area contributed by atoms with Crippen molar-refractivity contribution in [1.82, 2.24) is 5.32 Å². The monoisotopic (exact) mass is 366 g/mol. The molecule has 2 rings (SSSR count). The summed E-state index contributed by atoms with van der Waals surface area (Å²) in [7, 11) is 1.51. The Balaban J connectivity index is 1.94. The van der Waals surface area contributed by atoms with Crippen LogP contribution in [0, 0.1) is 11.6 Å². The number of nitrogens with one attached hydrogen (secondary N) is 2. The third-order valence-electron chi connectivity index (χ3n) is 3.51. The molecular formula is C18H20F2N2O4. The number of rotatable bonds is 7. The highest BCUT2D eigenvalue weighted by molar-refractivity contribution is 5.89. The van der Waals surface area contributed by atoms with Gasteiger partial charge >= 0.3 is 6.03 Å². The van der Waals surface area contributed by atoms with Crippen molar-refractivity contribution < 1.29 is 28.2 Å². The molecule has 140 valence electrons. The molecule has 0 aliphatic carbocycles. The standard InChI is InChI=1S/C18H20F2N2O4/c1-3-26-17-9-12(5-7-16(17)25-2)22-18(24)21-10-15(23)11-4-6-13(19)14(20)8-11/h4-9,15,23H,3,10H2,1-2H3,(H2,21,22,24). The first-order chi connectivity index (χ1) is 12.4. The third kappa shape index (κ3) is 5.06. The van der Waals surface area contributed by atoms with E-state index in [2.05, 4.69) is 10.6 Å². The van der Waals surface area contributed by atoms with Crippen LogP contribution >= 0.6 is 0 Å². The molecule has 0 bridgehead atoms. The molecule has 2 aromatic rings. The maximum atomic E-state index is 13.2. The molecule has 0 saturated heterocycles. The quantitative estimate of drug-likeness (QED) is 0.703. The zero-order chi connectivity index (χ0) is 19.1. The number of amides is 2. The van der Waals surface area contributed by atoms with E-state index in [0.717, 1.165) is 12.1 Å². The summed E-state index contributed by atoms with van der Waals surface area (Å²) in [4.78, 5) is 12.0. The number of carbonyl (C=O) groups is 1. The summed E-state index contributed by atoms with van der Waals surface area (Å²) in [5.74, 6) is -1.05. The van der Waals surface area contributed by atoms with Gasteiger partial charge in [0.2, 0.25) is 0 Å². The van der Waals surface area contributed by atoms with Gasteiger partial charge in [0.05, 0.1) is 19.8 Å². The SMILES string of the molecule is CCOc1cc(NC(=O)NCC(O)c2ccc(F)c(F)c2)ccc1OC. The molecule has 0 aliphatic heterocycles. The van der Waals surface area contributed by atoms with Gasteiger partial charge in [-0.25, -0.2) is 13.6 Å².